The van der Waals surface area contributed by atoms with Gasteiger partial charge in [0.2, 0.25) is 5.91 Å². The van der Waals surface area contributed by atoms with Crippen molar-refractivity contribution in [3.05, 3.63) is 65.7 Å². The molecule has 1 aliphatic heterocycles. The second-order valence-corrected chi connectivity index (χ2v) is 6.40. The zero-order chi connectivity index (χ0) is 19.2. The van der Waals surface area contributed by atoms with E-state index in [0.717, 1.165) is 5.56 Å². The Labute approximate surface area is 158 Å². The molecule has 1 atom stereocenters. The lowest BCUT2D eigenvalue weighted by Crippen LogP contribution is -2.45. The van der Waals surface area contributed by atoms with Crippen LogP contribution in [0.2, 0.25) is 0 Å². The fourth-order valence-corrected chi connectivity index (χ4v) is 3.13. The van der Waals surface area contributed by atoms with Gasteiger partial charge in [-0.05, 0) is 30.5 Å². The van der Waals surface area contributed by atoms with Crippen LogP contribution in [0.5, 0.6) is 0 Å². The van der Waals surface area contributed by atoms with Crippen LogP contribution in [0.3, 0.4) is 0 Å². The molecule has 2 aromatic rings. The number of hydrogen-bond acceptors (Lipinski definition) is 3. The third kappa shape index (κ3) is 4.44. The molecule has 7 heteroatoms. The number of nitrogens with one attached hydrogen (secondary N) is 1. The molecule has 7 nitrogen and oxygen atoms in total. The highest BCUT2D eigenvalue weighted by Gasteiger charge is 2.33. The van der Waals surface area contributed by atoms with Gasteiger partial charge in [0.05, 0.1) is 17.8 Å². The molecule has 0 fully saturated rings. The lowest BCUT2D eigenvalue weighted by atomic mass is 10.1. The molecule has 27 heavy (non-hydrogen) atoms. The monoisotopic (exact) mass is 365 g/mol. The maximum atomic E-state index is 13.2. The molecule has 0 spiro atoms. The largest absolute Gasteiger partial charge is 0.370 e. The molecular formula is C20H23N5O2. The summed E-state index contributed by atoms with van der Waals surface area (Å²) in [6.07, 6.45) is 1.05. The summed E-state index contributed by atoms with van der Waals surface area (Å²) in [5, 5.41) is 2.85. The minimum Gasteiger partial charge on any atom is -0.370 e. The Morgan fingerprint density at radius 3 is 2.48 bits per heavy atom. The zero-order valence-corrected chi connectivity index (χ0v) is 15.0. The maximum Gasteiger partial charge on any atom is 0.254 e. The first-order valence-electron chi connectivity index (χ1n) is 8.87. The molecule has 0 saturated heterocycles. The van der Waals surface area contributed by atoms with Crippen LogP contribution in [-0.4, -0.2) is 30.4 Å². The van der Waals surface area contributed by atoms with Gasteiger partial charge in [0, 0.05) is 6.54 Å². The Morgan fingerprint density at radius 2 is 1.74 bits per heavy atom. The summed E-state index contributed by atoms with van der Waals surface area (Å²) in [4.78, 5) is 31.5. The van der Waals surface area contributed by atoms with E-state index in [1.54, 1.807) is 23.1 Å². The minimum atomic E-state index is -0.622. The Hall–Kier alpha value is -3.35. The average molecular weight is 365 g/mol. The first kappa shape index (κ1) is 18.4. The summed E-state index contributed by atoms with van der Waals surface area (Å²) >= 11 is 0. The normalized spacial score (nSPS) is 16.3. The van der Waals surface area contributed by atoms with Crippen LogP contribution in [0, 0.1) is 0 Å². The van der Waals surface area contributed by atoms with E-state index in [-0.39, 0.29) is 17.8 Å². The molecule has 0 aromatic heterocycles. The van der Waals surface area contributed by atoms with Crippen molar-refractivity contribution in [3.63, 3.8) is 0 Å². The number of carbonyl (C=O) groups is 2. The van der Waals surface area contributed by atoms with Crippen molar-refractivity contribution >= 4 is 23.5 Å². The summed E-state index contributed by atoms with van der Waals surface area (Å²) in [6, 6.07) is 16.3. The molecule has 3 rings (SSSR count). The van der Waals surface area contributed by atoms with Crippen LogP contribution in [0.15, 0.2) is 59.6 Å². The molecule has 1 aliphatic rings. The minimum absolute atomic E-state index is 0.0179. The van der Waals surface area contributed by atoms with Gasteiger partial charge in [0.25, 0.3) is 5.91 Å². The van der Waals surface area contributed by atoms with E-state index in [1.807, 2.05) is 36.4 Å². The van der Waals surface area contributed by atoms with Crippen LogP contribution < -0.4 is 21.7 Å². The van der Waals surface area contributed by atoms with Crippen LogP contribution in [-0.2, 0) is 11.3 Å². The number of fused-ring (bicyclic) bond motifs is 1. The van der Waals surface area contributed by atoms with Crippen molar-refractivity contribution in [1.82, 2.24) is 5.32 Å². The number of benzene rings is 2. The van der Waals surface area contributed by atoms with E-state index >= 15 is 0 Å². The van der Waals surface area contributed by atoms with Gasteiger partial charge in [-0.25, -0.2) is 0 Å². The smallest absolute Gasteiger partial charge is 0.254 e. The van der Waals surface area contributed by atoms with Crippen LogP contribution in [0.1, 0.15) is 28.8 Å². The number of carbonyl (C=O) groups excluding carboxylic acids is 2. The highest BCUT2D eigenvalue weighted by Crippen LogP contribution is 2.26. The van der Waals surface area contributed by atoms with Crippen molar-refractivity contribution in [2.45, 2.75) is 25.4 Å². The van der Waals surface area contributed by atoms with Crippen molar-refractivity contribution < 1.29 is 9.59 Å². The van der Waals surface area contributed by atoms with E-state index in [1.165, 1.54) is 0 Å². The van der Waals surface area contributed by atoms with Gasteiger partial charge in [-0.3, -0.25) is 14.6 Å². The molecule has 1 heterocycles. The number of para-hydroxylation sites is 1. The van der Waals surface area contributed by atoms with Crippen LogP contribution in [0.25, 0.3) is 0 Å². The third-order valence-electron chi connectivity index (χ3n) is 4.44. The molecule has 0 bridgehead atoms. The van der Waals surface area contributed by atoms with Gasteiger partial charge in [0.1, 0.15) is 6.04 Å². The zero-order valence-electron chi connectivity index (χ0n) is 15.0. The van der Waals surface area contributed by atoms with Crippen molar-refractivity contribution in [3.8, 4) is 0 Å². The number of nitrogens with zero attached hydrogens (tertiary/aromatic N) is 2. The van der Waals surface area contributed by atoms with Gasteiger partial charge in [-0.15, -0.1) is 0 Å². The molecule has 0 aliphatic carbocycles. The molecule has 2 amide bonds. The highest BCUT2D eigenvalue weighted by atomic mass is 16.2. The second-order valence-electron chi connectivity index (χ2n) is 6.40. The van der Waals surface area contributed by atoms with E-state index in [0.29, 0.717) is 37.2 Å². The summed E-state index contributed by atoms with van der Waals surface area (Å²) in [5.41, 5.74) is 12.8. The van der Waals surface area contributed by atoms with Gasteiger partial charge < -0.3 is 21.7 Å². The molecule has 0 saturated carbocycles. The first-order valence-corrected chi connectivity index (χ1v) is 8.87. The second kappa shape index (κ2) is 8.35. The van der Waals surface area contributed by atoms with E-state index < -0.39 is 6.04 Å². The number of aliphatic imine (C=N–C) groups is 1. The predicted molar refractivity (Wildman–Crippen MR) is 105 cm³/mol. The number of anilines is 1. The van der Waals surface area contributed by atoms with E-state index in [9.17, 15) is 9.59 Å². The SMILES string of the molecule is NC(N)=NCCC[C@@H]1NC(=O)c2ccccc2N(Cc2ccccc2)C1=O. The van der Waals surface area contributed by atoms with Crippen molar-refractivity contribution in [2.24, 2.45) is 16.5 Å². The van der Waals surface area contributed by atoms with E-state index in [4.69, 9.17) is 11.5 Å². The Kier molecular flexibility index (Phi) is 5.71. The number of guanidine groups is 1. The standard InChI is InChI=1S/C20H23N5O2/c21-20(22)23-12-6-10-16-19(27)25(13-14-7-2-1-3-8-14)17-11-5-4-9-15(17)18(26)24-16/h1-5,7-9,11,16H,6,10,12-13H2,(H,24,26)(H4,21,22,23)/t16-/m0/s1. The molecule has 140 valence electrons. The summed E-state index contributed by atoms with van der Waals surface area (Å²) in [6.45, 7) is 0.809. The fraction of sp³-hybridized carbons (Fsp3) is 0.250. The average Bonchev–Trinajstić information content (AvgIpc) is 2.77. The lowest BCUT2D eigenvalue weighted by Gasteiger charge is -2.25. The lowest BCUT2D eigenvalue weighted by molar-refractivity contribution is -0.120. The molecule has 0 radical (unpaired) electrons. The number of amides is 2. The molecular weight excluding hydrogens is 342 g/mol. The Balaban J connectivity index is 1.87. The third-order valence-corrected chi connectivity index (χ3v) is 4.44. The number of hydrogen-bond donors (Lipinski definition) is 3. The molecule has 5 N–H and O–H groups in total. The molecule has 2 aromatic carbocycles. The van der Waals surface area contributed by atoms with Gasteiger partial charge >= 0.3 is 0 Å². The van der Waals surface area contributed by atoms with Crippen molar-refractivity contribution in [2.75, 3.05) is 11.4 Å². The van der Waals surface area contributed by atoms with E-state index in [2.05, 4.69) is 10.3 Å². The van der Waals surface area contributed by atoms with Gasteiger partial charge in [-0.1, -0.05) is 42.5 Å². The summed E-state index contributed by atoms with van der Waals surface area (Å²) < 4.78 is 0. The fourth-order valence-electron chi connectivity index (χ4n) is 3.13. The number of nitrogens with two attached hydrogens (primary N) is 2. The van der Waals surface area contributed by atoms with Gasteiger partial charge in [0.15, 0.2) is 5.96 Å². The van der Waals surface area contributed by atoms with Crippen LogP contribution in [0.4, 0.5) is 5.69 Å². The number of rotatable bonds is 6. The summed E-state index contributed by atoms with van der Waals surface area (Å²) in [7, 11) is 0. The predicted octanol–water partition coefficient (Wildman–Crippen LogP) is 1.39. The Morgan fingerprint density at radius 1 is 1.04 bits per heavy atom. The van der Waals surface area contributed by atoms with Crippen molar-refractivity contribution in [1.29, 1.82) is 0 Å². The van der Waals surface area contributed by atoms with Gasteiger partial charge in [-0.2, -0.15) is 0 Å². The first-order chi connectivity index (χ1) is 13.1. The highest BCUT2D eigenvalue weighted by molar-refractivity contribution is 6.10. The quantitative estimate of drug-likeness (QED) is 0.408. The van der Waals surface area contributed by atoms with Crippen LogP contribution >= 0.6 is 0 Å². The summed E-state index contributed by atoms with van der Waals surface area (Å²) in [5.74, 6) is -0.368. The Bertz CT molecular complexity index is 846. The molecule has 0 unspecified atom stereocenters. The topological polar surface area (TPSA) is 114 Å². The maximum absolute atomic E-state index is 13.2.